The van der Waals surface area contributed by atoms with Gasteiger partial charge in [0.25, 0.3) is 0 Å². The molecule has 1 aromatic rings. The van der Waals surface area contributed by atoms with Crippen LogP contribution in [0.15, 0.2) is 24.3 Å². The lowest BCUT2D eigenvalue weighted by Gasteiger charge is -2.07. The third kappa shape index (κ3) is 3.24. The number of nitrogens with two attached hydrogens (primary N) is 1. The molecule has 0 aliphatic heterocycles. The van der Waals surface area contributed by atoms with E-state index in [0.717, 1.165) is 11.1 Å². The number of hydrogen-bond acceptors (Lipinski definition) is 1. The lowest BCUT2D eigenvalue weighted by molar-refractivity contribution is 0.571. The summed E-state index contributed by atoms with van der Waals surface area (Å²) >= 11 is 0. The van der Waals surface area contributed by atoms with Gasteiger partial charge in [-0.2, -0.15) is 0 Å². The van der Waals surface area contributed by atoms with E-state index in [1.807, 2.05) is 24.3 Å². The van der Waals surface area contributed by atoms with Gasteiger partial charge in [0.05, 0.1) is 0 Å². The third-order valence-corrected chi connectivity index (χ3v) is 1.81. The van der Waals surface area contributed by atoms with E-state index in [-0.39, 0.29) is 5.41 Å². The Hall–Kier alpha value is -1.26. The van der Waals surface area contributed by atoms with Gasteiger partial charge in [0.2, 0.25) is 0 Å². The van der Waals surface area contributed by atoms with Crippen molar-refractivity contribution in [3.63, 3.8) is 0 Å². The van der Waals surface area contributed by atoms with Crippen molar-refractivity contribution in [1.82, 2.24) is 0 Å². The van der Waals surface area contributed by atoms with Gasteiger partial charge >= 0.3 is 0 Å². The molecule has 0 heterocycles. The van der Waals surface area contributed by atoms with Crippen LogP contribution in [-0.2, 0) is 6.54 Å². The van der Waals surface area contributed by atoms with E-state index < -0.39 is 0 Å². The summed E-state index contributed by atoms with van der Waals surface area (Å²) in [5.41, 5.74) is 7.83. The summed E-state index contributed by atoms with van der Waals surface area (Å²) in [6.45, 7) is 6.86. The zero-order valence-electron chi connectivity index (χ0n) is 9.09. The fourth-order valence-electron chi connectivity index (χ4n) is 1.08. The Morgan fingerprint density at radius 3 is 2.43 bits per heavy atom. The second-order valence-corrected chi connectivity index (χ2v) is 4.36. The zero-order valence-corrected chi connectivity index (χ0v) is 9.09. The van der Waals surface area contributed by atoms with Gasteiger partial charge in [-0.15, -0.1) is 0 Å². The molecule has 1 aromatic carbocycles. The maximum absolute atomic E-state index is 5.62. The highest BCUT2D eigenvalue weighted by Crippen LogP contribution is 2.12. The van der Waals surface area contributed by atoms with Crippen LogP contribution in [0.2, 0.25) is 0 Å². The molecule has 0 radical (unpaired) electrons. The second-order valence-electron chi connectivity index (χ2n) is 4.36. The van der Waals surface area contributed by atoms with Crippen LogP contribution in [0.3, 0.4) is 0 Å². The highest BCUT2D eigenvalue weighted by Gasteiger charge is 2.04. The Balaban J connectivity index is 3.00. The van der Waals surface area contributed by atoms with Crippen molar-refractivity contribution in [1.29, 1.82) is 0 Å². The largest absolute Gasteiger partial charge is 0.326 e. The van der Waals surface area contributed by atoms with Gasteiger partial charge in [0.15, 0.2) is 0 Å². The van der Waals surface area contributed by atoms with Gasteiger partial charge in [0.1, 0.15) is 0 Å². The van der Waals surface area contributed by atoms with Crippen LogP contribution in [0, 0.1) is 17.3 Å². The van der Waals surface area contributed by atoms with Crippen molar-refractivity contribution in [2.45, 2.75) is 27.3 Å². The van der Waals surface area contributed by atoms with Crippen LogP contribution >= 0.6 is 0 Å². The van der Waals surface area contributed by atoms with Crippen molar-refractivity contribution < 1.29 is 0 Å². The van der Waals surface area contributed by atoms with E-state index in [2.05, 4.69) is 32.6 Å². The van der Waals surface area contributed by atoms with Crippen molar-refractivity contribution in [3.05, 3.63) is 35.4 Å². The first-order valence-corrected chi connectivity index (χ1v) is 4.84. The minimum absolute atomic E-state index is 0.0434. The van der Waals surface area contributed by atoms with Crippen molar-refractivity contribution >= 4 is 0 Å². The fraction of sp³-hybridized carbons (Fsp3) is 0.385. The van der Waals surface area contributed by atoms with Crippen LogP contribution in [0.25, 0.3) is 0 Å². The van der Waals surface area contributed by atoms with Gasteiger partial charge < -0.3 is 5.73 Å². The number of hydrogen-bond donors (Lipinski definition) is 1. The second kappa shape index (κ2) is 4.30. The van der Waals surface area contributed by atoms with Crippen LogP contribution < -0.4 is 5.73 Å². The van der Waals surface area contributed by atoms with Gasteiger partial charge in [-0.3, -0.25) is 0 Å². The molecular weight excluding hydrogens is 170 g/mol. The Kier molecular flexibility index (Phi) is 3.33. The summed E-state index contributed by atoms with van der Waals surface area (Å²) in [4.78, 5) is 0. The lowest BCUT2D eigenvalue weighted by Crippen LogP contribution is -2.01. The SMILES string of the molecule is CC(C)(C)C#Cc1ccccc1CN. The van der Waals surface area contributed by atoms with Crippen LogP contribution in [-0.4, -0.2) is 0 Å². The minimum atomic E-state index is 0.0434. The summed E-state index contributed by atoms with van der Waals surface area (Å²) in [6.07, 6.45) is 0. The number of benzene rings is 1. The molecule has 0 unspecified atom stereocenters. The monoisotopic (exact) mass is 187 g/mol. The highest BCUT2D eigenvalue weighted by atomic mass is 14.5. The maximum atomic E-state index is 5.62. The molecule has 14 heavy (non-hydrogen) atoms. The van der Waals surface area contributed by atoms with Gasteiger partial charge in [-0.1, -0.05) is 30.0 Å². The van der Waals surface area contributed by atoms with Gasteiger partial charge in [-0.05, 0) is 32.4 Å². The molecule has 0 spiro atoms. The van der Waals surface area contributed by atoms with Crippen molar-refractivity contribution in [2.75, 3.05) is 0 Å². The Morgan fingerprint density at radius 2 is 1.86 bits per heavy atom. The molecule has 1 nitrogen and oxygen atoms in total. The standard InChI is InChI=1S/C13H17N/c1-13(2,3)9-8-11-6-4-5-7-12(11)10-14/h4-7H,10,14H2,1-3H3. The van der Waals surface area contributed by atoms with E-state index in [4.69, 9.17) is 5.73 Å². The van der Waals surface area contributed by atoms with E-state index in [1.165, 1.54) is 0 Å². The molecule has 74 valence electrons. The van der Waals surface area contributed by atoms with Gasteiger partial charge in [0, 0.05) is 17.5 Å². The Bertz CT molecular complexity index is 361. The summed E-state index contributed by atoms with van der Waals surface area (Å²) in [5, 5.41) is 0. The summed E-state index contributed by atoms with van der Waals surface area (Å²) in [5.74, 6) is 6.38. The minimum Gasteiger partial charge on any atom is -0.326 e. The van der Waals surface area contributed by atoms with E-state index in [9.17, 15) is 0 Å². The first kappa shape index (κ1) is 10.8. The Morgan fingerprint density at radius 1 is 1.21 bits per heavy atom. The van der Waals surface area contributed by atoms with Crippen molar-refractivity contribution in [3.8, 4) is 11.8 Å². The molecule has 0 bridgehead atoms. The first-order chi connectivity index (χ1) is 6.53. The molecule has 0 aliphatic carbocycles. The van der Waals surface area contributed by atoms with Crippen LogP contribution in [0.1, 0.15) is 31.9 Å². The quantitative estimate of drug-likeness (QED) is 0.672. The molecule has 1 heteroatoms. The molecule has 0 aliphatic rings. The van der Waals surface area contributed by atoms with Gasteiger partial charge in [-0.25, -0.2) is 0 Å². The average molecular weight is 187 g/mol. The molecule has 0 saturated heterocycles. The Labute approximate surface area is 86.3 Å². The average Bonchev–Trinajstić information content (AvgIpc) is 2.14. The first-order valence-electron chi connectivity index (χ1n) is 4.84. The van der Waals surface area contributed by atoms with E-state index >= 15 is 0 Å². The molecule has 2 N–H and O–H groups in total. The van der Waals surface area contributed by atoms with Crippen LogP contribution in [0.5, 0.6) is 0 Å². The molecule has 0 aromatic heterocycles. The maximum Gasteiger partial charge on any atom is 0.0290 e. The molecule has 0 amide bonds. The lowest BCUT2D eigenvalue weighted by atomic mass is 9.97. The van der Waals surface area contributed by atoms with E-state index in [0.29, 0.717) is 6.54 Å². The topological polar surface area (TPSA) is 26.0 Å². The predicted molar refractivity (Wildman–Crippen MR) is 60.7 cm³/mol. The summed E-state index contributed by atoms with van der Waals surface area (Å²) in [7, 11) is 0. The van der Waals surface area contributed by atoms with Crippen LogP contribution in [0.4, 0.5) is 0 Å². The molecular formula is C13H17N. The highest BCUT2D eigenvalue weighted by molar-refractivity contribution is 5.41. The third-order valence-electron chi connectivity index (χ3n) is 1.81. The summed E-state index contributed by atoms with van der Waals surface area (Å²) in [6, 6.07) is 8.02. The van der Waals surface area contributed by atoms with Crippen molar-refractivity contribution in [2.24, 2.45) is 11.1 Å². The number of rotatable bonds is 1. The summed E-state index contributed by atoms with van der Waals surface area (Å²) < 4.78 is 0. The molecule has 0 saturated carbocycles. The smallest absolute Gasteiger partial charge is 0.0290 e. The normalized spacial score (nSPS) is 10.6. The molecule has 0 fully saturated rings. The fourth-order valence-corrected chi connectivity index (χ4v) is 1.08. The zero-order chi connectivity index (χ0) is 10.6. The molecule has 1 rings (SSSR count). The van der Waals surface area contributed by atoms with E-state index in [1.54, 1.807) is 0 Å². The molecule has 0 atom stereocenters. The predicted octanol–water partition coefficient (Wildman–Crippen LogP) is 2.54.